The molecular formula is C19H33IN4O2S. The van der Waals surface area contributed by atoms with Crippen molar-refractivity contribution in [2.75, 3.05) is 6.54 Å². The van der Waals surface area contributed by atoms with E-state index in [0.717, 1.165) is 42.7 Å². The Hall–Kier alpha value is -0.870. The van der Waals surface area contributed by atoms with Gasteiger partial charge in [0.2, 0.25) is 10.0 Å². The molecule has 0 heterocycles. The molecule has 4 N–H and O–H groups in total. The van der Waals surface area contributed by atoms with Crippen LogP contribution in [0.4, 0.5) is 0 Å². The van der Waals surface area contributed by atoms with Gasteiger partial charge in [0.25, 0.3) is 0 Å². The summed E-state index contributed by atoms with van der Waals surface area (Å²) in [5, 5.41) is 12.0. The molecule has 0 atom stereocenters. The van der Waals surface area contributed by atoms with Crippen LogP contribution in [0.3, 0.4) is 0 Å². The number of aliphatic imine (C=N–C) groups is 1. The van der Waals surface area contributed by atoms with Gasteiger partial charge in [-0.25, -0.2) is 18.5 Å². The molecule has 8 heteroatoms. The minimum atomic E-state index is -3.69. The monoisotopic (exact) mass is 508 g/mol. The minimum Gasteiger partial charge on any atom is -0.357 e. The summed E-state index contributed by atoms with van der Waals surface area (Å²) in [7, 11) is -3.69. The molecule has 154 valence electrons. The number of nitrogens with zero attached hydrogens (tertiary/aromatic N) is 1. The first kappa shape index (κ1) is 24.2. The molecule has 0 unspecified atom stereocenters. The van der Waals surface area contributed by atoms with Crippen LogP contribution in [0.1, 0.15) is 52.0 Å². The van der Waals surface area contributed by atoms with Gasteiger partial charge in [0, 0.05) is 12.6 Å². The maximum atomic E-state index is 11.5. The lowest BCUT2D eigenvalue weighted by Gasteiger charge is -2.32. The summed E-state index contributed by atoms with van der Waals surface area (Å²) in [6.45, 7) is 7.83. The highest BCUT2D eigenvalue weighted by Gasteiger charge is 2.23. The summed E-state index contributed by atoms with van der Waals surface area (Å²) in [4.78, 5) is 4.73. The van der Waals surface area contributed by atoms with Crippen LogP contribution >= 0.6 is 24.0 Å². The zero-order valence-corrected chi connectivity index (χ0v) is 19.6. The fourth-order valence-electron chi connectivity index (χ4n) is 3.43. The van der Waals surface area contributed by atoms with Gasteiger partial charge in [0.05, 0.1) is 11.4 Å². The molecule has 1 aliphatic rings. The van der Waals surface area contributed by atoms with Crippen molar-refractivity contribution in [3.63, 3.8) is 0 Å². The molecule has 1 fully saturated rings. The van der Waals surface area contributed by atoms with E-state index in [0.29, 0.717) is 12.6 Å². The van der Waals surface area contributed by atoms with Gasteiger partial charge in [0.1, 0.15) is 0 Å². The summed E-state index contributed by atoms with van der Waals surface area (Å²) < 4.78 is 23.0. The SMILES string of the molecule is CCNC(=NCc1cccc(S(N)(=O)=O)c1)NC1CCC(C(C)C)CC1.I. The van der Waals surface area contributed by atoms with Gasteiger partial charge in [-0.3, -0.25) is 0 Å². The van der Waals surface area contributed by atoms with E-state index in [1.165, 1.54) is 18.9 Å². The Morgan fingerprint density at radius 1 is 1.26 bits per heavy atom. The van der Waals surface area contributed by atoms with Gasteiger partial charge in [-0.15, -0.1) is 24.0 Å². The van der Waals surface area contributed by atoms with Crippen molar-refractivity contribution in [3.05, 3.63) is 29.8 Å². The molecule has 6 nitrogen and oxygen atoms in total. The van der Waals surface area contributed by atoms with Gasteiger partial charge >= 0.3 is 0 Å². The molecule has 0 aromatic heterocycles. The van der Waals surface area contributed by atoms with E-state index >= 15 is 0 Å². The molecule has 1 aromatic carbocycles. The van der Waals surface area contributed by atoms with E-state index in [2.05, 4.69) is 29.5 Å². The van der Waals surface area contributed by atoms with E-state index in [9.17, 15) is 8.42 Å². The molecule has 1 saturated carbocycles. The van der Waals surface area contributed by atoms with Crippen molar-refractivity contribution < 1.29 is 8.42 Å². The summed E-state index contributed by atoms with van der Waals surface area (Å²) in [5.74, 6) is 2.36. The Bertz CT molecular complexity index is 714. The number of benzene rings is 1. The molecule has 0 aliphatic heterocycles. The zero-order chi connectivity index (χ0) is 19.2. The quantitative estimate of drug-likeness (QED) is 0.312. The Kier molecular flexibility index (Phi) is 10.0. The lowest BCUT2D eigenvalue weighted by molar-refractivity contribution is 0.250. The van der Waals surface area contributed by atoms with Crippen molar-refractivity contribution in [2.45, 2.75) is 63.9 Å². The maximum Gasteiger partial charge on any atom is 0.238 e. The third-order valence-electron chi connectivity index (χ3n) is 5.05. The van der Waals surface area contributed by atoms with Crippen LogP contribution in [-0.2, 0) is 16.6 Å². The van der Waals surface area contributed by atoms with Crippen LogP contribution in [0.2, 0.25) is 0 Å². The van der Waals surface area contributed by atoms with Crippen molar-refractivity contribution in [1.82, 2.24) is 10.6 Å². The number of hydrogen-bond donors (Lipinski definition) is 3. The highest BCUT2D eigenvalue weighted by molar-refractivity contribution is 14.0. The summed E-state index contributed by atoms with van der Waals surface area (Å²) in [6.07, 6.45) is 4.83. The number of primary sulfonamides is 1. The van der Waals surface area contributed by atoms with Crippen LogP contribution in [0.5, 0.6) is 0 Å². The molecule has 1 aromatic rings. The Morgan fingerprint density at radius 3 is 2.48 bits per heavy atom. The predicted octanol–water partition coefficient (Wildman–Crippen LogP) is 3.22. The maximum absolute atomic E-state index is 11.5. The first-order valence-corrected chi connectivity index (χ1v) is 11.0. The topological polar surface area (TPSA) is 96.6 Å². The predicted molar refractivity (Wildman–Crippen MR) is 122 cm³/mol. The number of halogens is 1. The number of sulfonamides is 1. The Balaban J connectivity index is 0.00000364. The largest absolute Gasteiger partial charge is 0.357 e. The third kappa shape index (κ3) is 7.95. The second kappa shape index (κ2) is 11.2. The van der Waals surface area contributed by atoms with Gasteiger partial charge in [-0.05, 0) is 62.1 Å². The van der Waals surface area contributed by atoms with Crippen LogP contribution in [0.15, 0.2) is 34.2 Å². The average Bonchev–Trinajstić information content (AvgIpc) is 2.60. The molecule has 2 rings (SSSR count). The number of nitrogens with one attached hydrogen (secondary N) is 2. The highest BCUT2D eigenvalue weighted by Crippen LogP contribution is 2.29. The second-order valence-electron chi connectivity index (χ2n) is 7.39. The number of hydrogen-bond acceptors (Lipinski definition) is 3. The second-order valence-corrected chi connectivity index (χ2v) is 8.95. The number of nitrogens with two attached hydrogens (primary N) is 1. The Labute approximate surface area is 180 Å². The van der Waals surface area contributed by atoms with Crippen molar-refractivity contribution in [1.29, 1.82) is 0 Å². The molecule has 27 heavy (non-hydrogen) atoms. The van der Waals surface area contributed by atoms with Crippen LogP contribution in [0, 0.1) is 11.8 Å². The van der Waals surface area contributed by atoms with Crippen LogP contribution < -0.4 is 15.8 Å². The minimum absolute atomic E-state index is 0. The number of guanidine groups is 1. The lowest BCUT2D eigenvalue weighted by Crippen LogP contribution is -2.45. The summed E-state index contributed by atoms with van der Waals surface area (Å²) in [5.41, 5.74) is 0.817. The molecule has 1 aliphatic carbocycles. The molecule has 0 bridgehead atoms. The van der Waals surface area contributed by atoms with E-state index in [1.54, 1.807) is 12.1 Å². The first-order valence-electron chi connectivity index (χ1n) is 9.46. The van der Waals surface area contributed by atoms with Crippen LogP contribution in [-0.4, -0.2) is 27.0 Å². The molecule has 0 saturated heterocycles. The van der Waals surface area contributed by atoms with Gasteiger partial charge in [-0.1, -0.05) is 26.0 Å². The Morgan fingerprint density at radius 2 is 1.93 bits per heavy atom. The van der Waals surface area contributed by atoms with Gasteiger partial charge < -0.3 is 10.6 Å². The highest BCUT2D eigenvalue weighted by atomic mass is 127. The van der Waals surface area contributed by atoms with E-state index in [-0.39, 0.29) is 28.9 Å². The fourth-order valence-corrected chi connectivity index (χ4v) is 4.02. The third-order valence-corrected chi connectivity index (χ3v) is 5.96. The fraction of sp³-hybridized carbons (Fsp3) is 0.632. The first-order chi connectivity index (χ1) is 12.3. The van der Waals surface area contributed by atoms with Crippen molar-refractivity contribution >= 4 is 40.0 Å². The smallest absolute Gasteiger partial charge is 0.238 e. The summed E-state index contributed by atoms with van der Waals surface area (Å²) >= 11 is 0. The van der Waals surface area contributed by atoms with Crippen LogP contribution in [0.25, 0.3) is 0 Å². The molecular weight excluding hydrogens is 475 g/mol. The summed E-state index contributed by atoms with van der Waals surface area (Å²) in [6, 6.07) is 7.07. The van der Waals surface area contributed by atoms with E-state index in [1.807, 2.05) is 13.0 Å². The molecule has 0 radical (unpaired) electrons. The average molecular weight is 508 g/mol. The van der Waals surface area contributed by atoms with Crippen molar-refractivity contribution in [2.24, 2.45) is 22.0 Å². The van der Waals surface area contributed by atoms with E-state index < -0.39 is 10.0 Å². The normalized spacial score (nSPS) is 20.9. The standard InChI is InChI=1S/C19H32N4O2S.HI/c1-4-21-19(23-17-10-8-16(9-11-17)14(2)3)22-13-15-6-5-7-18(12-15)26(20,24)25;/h5-7,12,14,16-17H,4,8-11,13H2,1-3H3,(H2,20,24,25)(H2,21,22,23);1H. The van der Waals surface area contributed by atoms with E-state index in [4.69, 9.17) is 5.14 Å². The van der Waals surface area contributed by atoms with Crippen molar-refractivity contribution in [3.8, 4) is 0 Å². The molecule has 0 amide bonds. The van der Waals surface area contributed by atoms with Gasteiger partial charge in [0.15, 0.2) is 5.96 Å². The zero-order valence-electron chi connectivity index (χ0n) is 16.4. The number of rotatable bonds is 6. The lowest BCUT2D eigenvalue weighted by atomic mass is 9.80. The molecule has 0 spiro atoms. The van der Waals surface area contributed by atoms with Gasteiger partial charge in [-0.2, -0.15) is 0 Å².